The van der Waals surface area contributed by atoms with Gasteiger partial charge in [0.2, 0.25) is 5.89 Å². The molecule has 0 radical (unpaired) electrons. The van der Waals surface area contributed by atoms with Crippen molar-refractivity contribution in [3.63, 3.8) is 0 Å². The van der Waals surface area contributed by atoms with Crippen LogP contribution in [0.2, 0.25) is 0 Å². The van der Waals surface area contributed by atoms with Gasteiger partial charge in [-0.15, -0.1) is 11.3 Å². The van der Waals surface area contributed by atoms with Crippen LogP contribution < -0.4 is 0 Å². The maximum Gasteiger partial charge on any atom is 0.338 e. The molecule has 0 atom stereocenters. The SMILES string of the molecule is COC(=O)c1cc(C(=O)OCc2coc(-c3cccs3)n2)cc([N+](=O)[O-])c1. The van der Waals surface area contributed by atoms with Crippen LogP contribution in [-0.2, 0) is 16.1 Å². The average Bonchev–Trinajstić information content (AvgIpc) is 3.36. The Bertz CT molecular complexity index is 995. The first-order valence-corrected chi connectivity index (χ1v) is 8.39. The summed E-state index contributed by atoms with van der Waals surface area (Å²) in [6.45, 7) is -0.191. The highest BCUT2D eigenvalue weighted by Crippen LogP contribution is 2.24. The van der Waals surface area contributed by atoms with Crippen LogP contribution >= 0.6 is 11.3 Å². The summed E-state index contributed by atoms with van der Waals surface area (Å²) in [6.07, 6.45) is 1.36. The molecule has 0 spiro atoms. The van der Waals surface area contributed by atoms with E-state index in [1.807, 2.05) is 17.5 Å². The van der Waals surface area contributed by atoms with Gasteiger partial charge in [0, 0.05) is 12.1 Å². The van der Waals surface area contributed by atoms with E-state index >= 15 is 0 Å². The van der Waals surface area contributed by atoms with Crippen LogP contribution in [0.5, 0.6) is 0 Å². The van der Waals surface area contributed by atoms with E-state index in [-0.39, 0.29) is 17.7 Å². The van der Waals surface area contributed by atoms with Crippen molar-refractivity contribution in [1.82, 2.24) is 4.98 Å². The zero-order valence-electron chi connectivity index (χ0n) is 13.9. The molecule has 0 fully saturated rings. The molecule has 3 aromatic rings. The number of nitro benzene ring substituents is 1. The molecular weight excluding hydrogens is 376 g/mol. The van der Waals surface area contributed by atoms with Crippen molar-refractivity contribution in [1.29, 1.82) is 0 Å². The van der Waals surface area contributed by atoms with Gasteiger partial charge in [0.15, 0.2) is 0 Å². The van der Waals surface area contributed by atoms with Crippen LogP contribution in [-0.4, -0.2) is 29.0 Å². The van der Waals surface area contributed by atoms with E-state index in [0.29, 0.717) is 11.6 Å². The Balaban J connectivity index is 1.75. The summed E-state index contributed by atoms with van der Waals surface area (Å²) in [6, 6.07) is 6.90. The van der Waals surface area contributed by atoms with Gasteiger partial charge in [0.25, 0.3) is 5.69 Å². The van der Waals surface area contributed by atoms with E-state index in [1.54, 1.807) is 0 Å². The second-order valence-electron chi connectivity index (χ2n) is 5.21. The topological polar surface area (TPSA) is 122 Å². The number of carbonyl (C=O) groups excluding carboxylic acids is 2. The molecule has 138 valence electrons. The molecule has 0 bridgehead atoms. The predicted molar refractivity (Wildman–Crippen MR) is 93.4 cm³/mol. The summed E-state index contributed by atoms with van der Waals surface area (Å²) in [5.74, 6) is -1.24. The lowest BCUT2D eigenvalue weighted by molar-refractivity contribution is -0.384. The molecule has 0 aliphatic carbocycles. The van der Waals surface area contributed by atoms with Gasteiger partial charge in [-0.1, -0.05) is 6.07 Å². The number of rotatable bonds is 6. The van der Waals surface area contributed by atoms with Crippen LogP contribution in [0.25, 0.3) is 10.8 Å². The van der Waals surface area contributed by atoms with Gasteiger partial charge in [-0.2, -0.15) is 0 Å². The fraction of sp³-hybridized carbons (Fsp3) is 0.118. The van der Waals surface area contributed by atoms with E-state index in [9.17, 15) is 19.7 Å². The summed E-state index contributed by atoms with van der Waals surface area (Å²) < 4.78 is 15.0. The Labute approximate surface area is 156 Å². The maximum atomic E-state index is 12.2. The Morgan fingerprint density at radius 2 is 2.00 bits per heavy atom. The van der Waals surface area contributed by atoms with Crippen molar-refractivity contribution in [3.8, 4) is 10.8 Å². The van der Waals surface area contributed by atoms with Gasteiger partial charge in [-0.05, 0) is 17.5 Å². The van der Waals surface area contributed by atoms with Gasteiger partial charge in [0.1, 0.15) is 18.6 Å². The number of ether oxygens (including phenoxy) is 2. The van der Waals surface area contributed by atoms with Crippen LogP contribution in [0.15, 0.2) is 46.4 Å². The molecule has 0 aliphatic rings. The maximum absolute atomic E-state index is 12.2. The van der Waals surface area contributed by atoms with E-state index < -0.39 is 22.5 Å². The number of methoxy groups -OCH3 is 1. The van der Waals surface area contributed by atoms with Crippen molar-refractivity contribution in [3.05, 3.63) is 68.9 Å². The van der Waals surface area contributed by atoms with Crippen LogP contribution in [0.1, 0.15) is 26.4 Å². The van der Waals surface area contributed by atoms with Crippen molar-refractivity contribution in [2.45, 2.75) is 6.61 Å². The van der Waals surface area contributed by atoms with Crippen LogP contribution in [0.4, 0.5) is 5.69 Å². The second-order valence-corrected chi connectivity index (χ2v) is 6.16. The molecule has 1 aromatic carbocycles. The molecule has 10 heteroatoms. The first kappa shape index (κ1) is 18.3. The Hall–Kier alpha value is -3.53. The number of esters is 2. The zero-order chi connectivity index (χ0) is 19.4. The van der Waals surface area contributed by atoms with Crippen molar-refractivity contribution in [2.24, 2.45) is 0 Å². The molecule has 0 amide bonds. The van der Waals surface area contributed by atoms with Crippen LogP contribution in [0, 0.1) is 10.1 Å². The van der Waals surface area contributed by atoms with E-state index in [4.69, 9.17) is 9.15 Å². The number of thiophene rings is 1. The first-order chi connectivity index (χ1) is 13.0. The second kappa shape index (κ2) is 7.79. The monoisotopic (exact) mass is 388 g/mol. The molecule has 9 nitrogen and oxygen atoms in total. The van der Waals surface area contributed by atoms with E-state index in [1.165, 1.54) is 23.7 Å². The molecule has 0 aliphatic heterocycles. The molecule has 2 heterocycles. The number of nitro groups is 1. The fourth-order valence-electron chi connectivity index (χ4n) is 2.18. The van der Waals surface area contributed by atoms with Gasteiger partial charge >= 0.3 is 11.9 Å². The molecule has 3 rings (SSSR count). The lowest BCUT2D eigenvalue weighted by Gasteiger charge is -2.05. The number of nitrogens with zero attached hydrogens (tertiary/aromatic N) is 2. The largest absolute Gasteiger partial charge is 0.465 e. The molecule has 0 unspecified atom stereocenters. The van der Waals surface area contributed by atoms with Crippen molar-refractivity contribution >= 4 is 29.0 Å². The zero-order valence-corrected chi connectivity index (χ0v) is 14.7. The molecular formula is C17H12N2O7S. The number of benzene rings is 1. The summed E-state index contributed by atoms with van der Waals surface area (Å²) in [5, 5.41) is 12.9. The average molecular weight is 388 g/mol. The fourth-order valence-corrected chi connectivity index (χ4v) is 2.84. The number of carbonyl (C=O) groups is 2. The molecule has 0 N–H and O–H groups in total. The quantitative estimate of drug-likeness (QED) is 0.357. The third-order valence-electron chi connectivity index (χ3n) is 3.42. The third kappa shape index (κ3) is 4.18. The summed E-state index contributed by atoms with van der Waals surface area (Å²) in [5.41, 5.74) is -0.316. The Morgan fingerprint density at radius 1 is 1.26 bits per heavy atom. The number of hydrogen-bond acceptors (Lipinski definition) is 9. The number of aromatic nitrogens is 1. The first-order valence-electron chi connectivity index (χ1n) is 7.51. The number of hydrogen-bond donors (Lipinski definition) is 0. The van der Waals surface area contributed by atoms with E-state index in [0.717, 1.165) is 24.1 Å². The highest BCUT2D eigenvalue weighted by atomic mass is 32.1. The Morgan fingerprint density at radius 3 is 2.63 bits per heavy atom. The lowest BCUT2D eigenvalue weighted by Crippen LogP contribution is -2.09. The minimum atomic E-state index is -0.843. The number of oxazole rings is 1. The molecule has 0 saturated heterocycles. The normalized spacial score (nSPS) is 10.4. The summed E-state index contributed by atoms with van der Waals surface area (Å²) in [4.78, 5) is 39.2. The minimum absolute atomic E-state index is 0.125. The standard InChI is InChI=1S/C17H12N2O7S/c1-24-16(20)10-5-11(7-13(6-10)19(22)23)17(21)26-9-12-8-25-15(18-12)14-3-2-4-27-14/h2-8H,9H2,1H3. The van der Waals surface area contributed by atoms with Crippen LogP contribution in [0.3, 0.4) is 0 Å². The van der Waals surface area contributed by atoms with E-state index in [2.05, 4.69) is 9.72 Å². The van der Waals surface area contributed by atoms with Gasteiger partial charge in [0.05, 0.1) is 28.0 Å². The predicted octanol–water partition coefficient (Wildman–Crippen LogP) is 3.45. The Kier molecular flexibility index (Phi) is 5.27. The molecule has 0 saturated carbocycles. The molecule has 27 heavy (non-hydrogen) atoms. The molecule has 2 aromatic heterocycles. The van der Waals surface area contributed by atoms with Gasteiger partial charge in [-0.3, -0.25) is 10.1 Å². The van der Waals surface area contributed by atoms with Crippen molar-refractivity contribution in [2.75, 3.05) is 7.11 Å². The lowest BCUT2D eigenvalue weighted by atomic mass is 10.1. The van der Waals surface area contributed by atoms with Gasteiger partial charge < -0.3 is 13.9 Å². The third-order valence-corrected chi connectivity index (χ3v) is 4.28. The smallest absolute Gasteiger partial charge is 0.338 e. The summed E-state index contributed by atoms with van der Waals surface area (Å²) >= 11 is 1.45. The number of non-ortho nitro benzene ring substituents is 1. The minimum Gasteiger partial charge on any atom is -0.465 e. The highest BCUT2D eigenvalue weighted by molar-refractivity contribution is 7.13. The van der Waals surface area contributed by atoms with Gasteiger partial charge in [-0.25, -0.2) is 14.6 Å². The highest BCUT2D eigenvalue weighted by Gasteiger charge is 2.19. The summed E-state index contributed by atoms with van der Waals surface area (Å²) in [7, 11) is 1.13. The van der Waals surface area contributed by atoms with Crippen molar-refractivity contribution < 1.29 is 28.4 Å².